The molecule has 0 spiro atoms. The summed E-state index contributed by atoms with van der Waals surface area (Å²) in [6, 6.07) is 6.82. The molecule has 0 aliphatic heterocycles. The normalized spacial score (nSPS) is 12.9. The zero-order chi connectivity index (χ0) is 22.1. The van der Waals surface area contributed by atoms with Crippen molar-refractivity contribution in [2.75, 3.05) is 6.61 Å². The predicted molar refractivity (Wildman–Crippen MR) is 128 cm³/mol. The van der Waals surface area contributed by atoms with Gasteiger partial charge in [0.1, 0.15) is 0 Å². The van der Waals surface area contributed by atoms with Gasteiger partial charge in [-0.2, -0.15) is 8.42 Å². The molecule has 1 aromatic carbocycles. The van der Waals surface area contributed by atoms with Crippen molar-refractivity contribution in [3.05, 3.63) is 29.8 Å². The third-order valence-corrected chi connectivity index (χ3v) is 7.27. The van der Waals surface area contributed by atoms with Crippen LogP contribution in [0, 0.1) is 12.8 Å². The lowest BCUT2D eigenvalue weighted by Crippen LogP contribution is -2.08. The third kappa shape index (κ3) is 13.4. The predicted octanol–water partition coefficient (Wildman–Crippen LogP) is 8.21. The molecule has 0 unspecified atom stereocenters. The van der Waals surface area contributed by atoms with Crippen LogP contribution in [0.4, 0.5) is 0 Å². The molecule has 174 valence electrons. The van der Waals surface area contributed by atoms with E-state index in [1.807, 2.05) is 6.92 Å². The van der Waals surface area contributed by atoms with E-state index in [0.29, 0.717) is 5.92 Å². The van der Waals surface area contributed by atoms with E-state index in [0.717, 1.165) is 18.4 Å². The molecule has 0 radical (unpaired) electrons. The smallest absolute Gasteiger partial charge is 0.266 e. The van der Waals surface area contributed by atoms with Crippen LogP contribution in [0.5, 0.6) is 0 Å². The Morgan fingerprint density at radius 2 is 1.20 bits per heavy atom. The van der Waals surface area contributed by atoms with Crippen LogP contribution in [0.1, 0.15) is 116 Å². The second-order valence-electron chi connectivity index (χ2n) is 9.01. The van der Waals surface area contributed by atoms with E-state index in [4.69, 9.17) is 4.18 Å². The number of unbranched alkanes of at least 4 members (excludes halogenated alkanes) is 11. The quantitative estimate of drug-likeness (QED) is 0.161. The van der Waals surface area contributed by atoms with Crippen molar-refractivity contribution in [3.8, 4) is 0 Å². The average molecular weight is 439 g/mol. The van der Waals surface area contributed by atoms with Crippen LogP contribution in [-0.2, 0) is 14.3 Å². The molecule has 4 heteroatoms. The van der Waals surface area contributed by atoms with Crippen molar-refractivity contribution in [1.82, 2.24) is 0 Å². The van der Waals surface area contributed by atoms with E-state index in [9.17, 15) is 8.42 Å². The molecule has 0 aromatic heterocycles. The first-order valence-corrected chi connectivity index (χ1v) is 13.8. The van der Waals surface area contributed by atoms with Crippen molar-refractivity contribution < 1.29 is 12.6 Å². The van der Waals surface area contributed by atoms with Gasteiger partial charge in [-0.1, -0.05) is 115 Å². The van der Waals surface area contributed by atoms with E-state index >= 15 is 0 Å². The summed E-state index contributed by atoms with van der Waals surface area (Å²) in [7, 11) is -3.62. The Morgan fingerprint density at radius 3 is 1.73 bits per heavy atom. The molecule has 0 saturated carbocycles. The molecule has 1 atom stereocenters. The highest BCUT2D eigenvalue weighted by Crippen LogP contribution is 2.18. The molecule has 0 amide bonds. The topological polar surface area (TPSA) is 43.4 Å². The van der Waals surface area contributed by atoms with Crippen LogP contribution in [0.2, 0.25) is 0 Å². The van der Waals surface area contributed by atoms with Crippen LogP contribution >= 0.6 is 0 Å². The first-order chi connectivity index (χ1) is 14.5. The summed E-state index contributed by atoms with van der Waals surface area (Å²) in [6.45, 7) is 6.76. The van der Waals surface area contributed by atoms with Crippen LogP contribution in [0.25, 0.3) is 0 Å². The number of hydrogen-bond acceptors (Lipinski definition) is 3. The standard InChI is InChI=1S/C26H46O3S/c1-4-5-6-7-8-9-10-11-12-13-14-15-17-24(2)18-16-23-29-30(27,28)26-21-19-25(3)20-22-26/h19-22,24H,4-18,23H2,1-3H3/t24-/m0/s1. The van der Waals surface area contributed by atoms with Gasteiger partial charge in [-0.15, -0.1) is 0 Å². The number of aryl methyl sites for hydroxylation is 1. The number of rotatable bonds is 19. The lowest BCUT2D eigenvalue weighted by molar-refractivity contribution is 0.293. The summed E-state index contributed by atoms with van der Waals surface area (Å²) in [5.41, 5.74) is 1.04. The lowest BCUT2D eigenvalue weighted by Gasteiger charge is -2.11. The van der Waals surface area contributed by atoms with Gasteiger partial charge in [0, 0.05) is 0 Å². The largest absolute Gasteiger partial charge is 0.296 e. The number of hydrogen-bond donors (Lipinski definition) is 0. The molecule has 0 fully saturated rings. The first kappa shape index (κ1) is 27.2. The maximum Gasteiger partial charge on any atom is 0.296 e. The van der Waals surface area contributed by atoms with E-state index < -0.39 is 10.1 Å². The van der Waals surface area contributed by atoms with Gasteiger partial charge in [-0.25, -0.2) is 0 Å². The van der Waals surface area contributed by atoms with Crippen LogP contribution < -0.4 is 0 Å². The Morgan fingerprint density at radius 1 is 0.733 bits per heavy atom. The van der Waals surface area contributed by atoms with Gasteiger partial charge in [0.25, 0.3) is 10.1 Å². The SMILES string of the molecule is CCCCCCCCCCCCCC[C@H](C)CCCOS(=O)(=O)c1ccc(C)cc1. The highest BCUT2D eigenvalue weighted by atomic mass is 32.2. The molecule has 0 heterocycles. The monoisotopic (exact) mass is 438 g/mol. The lowest BCUT2D eigenvalue weighted by atomic mass is 9.97. The molecular formula is C26H46O3S. The molecular weight excluding hydrogens is 392 g/mol. The van der Waals surface area contributed by atoms with Crippen molar-refractivity contribution in [1.29, 1.82) is 0 Å². The van der Waals surface area contributed by atoms with E-state index in [2.05, 4.69) is 13.8 Å². The second kappa shape index (κ2) is 16.8. The summed E-state index contributed by atoms with van der Waals surface area (Å²) in [6.07, 6.45) is 19.7. The molecule has 0 N–H and O–H groups in total. The van der Waals surface area contributed by atoms with Gasteiger partial charge >= 0.3 is 0 Å². The average Bonchev–Trinajstić information content (AvgIpc) is 2.72. The van der Waals surface area contributed by atoms with Crippen LogP contribution in [0.3, 0.4) is 0 Å². The van der Waals surface area contributed by atoms with Crippen molar-refractivity contribution in [3.63, 3.8) is 0 Å². The summed E-state index contributed by atoms with van der Waals surface area (Å²) in [5, 5.41) is 0. The summed E-state index contributed by atoms with van der Waals surface area (Å²) in [5.74, 6) is 0.638. The Balaban J connectivity index is 1.95. The highest BCUT2D eigenvalue weighted by molar-refractivity contribution is 7.86. The van der Waals surface area contributed by atoms with Crippen molar-refractivity contribution in [2.45, 2.75) is 122 Å². The van der Waals surface area contributed by atoms with Gasteiger partial charge in [-0.05, 0) is 37.8 Å². The number of benzene rings is 1. The fourth-order valence-corrected chi connectivity index (χ4v) is 4.79. The van der Waals surface area contributed by atoms with Crippen LogP contribution in [0.15, 0.2) is 29.2 Å². The zero-order valence-corrected chi connectivity index (χ0v) is 20.6. The van der Waals surface area contributed by atoms with Gasteiger partial charge < -0.3 is 0 Å². The summed E-state index contributed by atoms with van der Waals surface area (Å²) < 4.78 is 29.5. The Kier molecular flexibility index (Phi) is 15.2. The maximum atomic E-state index is 12.2. The maximum absolute atomic E-state index is 12.2. The summed E-state index contributed by atoms with van der Waals surface area (Å²) in [4.78, 5) is 0.248. The summed E-state index contributed by atoms with van der Waals surface area (Å²) >= 11 is 0. The Bertz CT molecular complexity index is 622. The minimum Gasteiger partial charge on any atom is -0.266 e. The fourth-order valence-electron chi connectivity index (χ4n) is 3.85. The molecule has 30 heavy (non-hydrogen) atoms. The van der Waals surface area contributed by atoms with Gasteiger partial charge in [0.15, 0.2) is 0 Å². The Hall–Kier alpha value is -0.870. The zero-order valence-electron chi connectivity index (χ0n) is 19.8. The molecule has 0 aliphatic carbocycles. The fraction of sp³-hybridized carbons (Fsp3) is 0.769. The molecule has 1 aromatic rings. The van der Waals surface area contributed by atoms with E-state index in [1.54, 1.807) is 24.3 Å². The first-order valence-electron chi connectivity index (χ1n) is 12.4. The van der Waals surface area contributed by atoms with Crippen molar-refractivity contribution in [2.24, 2.45) is 5.92 Å². The molecule has 0 saturated heterocycles. The van der Waals surface area contributed by atoms with E-state index in [-0.39, 0.29) is 11.5 Å². The Labute approximate surface area is 187 Å². The van der Waals surface area contributed by atoms with Crippen LogP contribution in [-0.4, -0.2) is 15.0 Å². The molecule has 3 nitrogen and oxygen atoms in total. The van der Waals surface area contributed by atoms with Gasteiger partial charge in [0.2, 0.25) is 0 Å². The molecule has 1 rings (SSSR count). The third-order valence-electron chi connectivity index (χ3n) is 5.94. The van der Waals surface area contributed by atoms with E-state index in [1.165, 1.54) is 83.5 Å². The van der Waals surface area contributed by atoms with Gasteiger partial charge in [0.05, 0.1) is 11.5 Å². The minimum atomic E-state index is -3.62. The van der Waals surface area contributed by atoms with Crippen molar-refractivity contribution >= 4 is 10.1 Å². The second-order valence-corrected chi connectivity index (χ2v) is 10.6. The molecule has 0 bridgehead atoms. The minimum absolute atomic E-state index is 0.248. The van der Waals surface area contributed by atoms with Gasteiger partial charge in [-0.3, -0.25) is 4.18 Å². The molecule has 0 aliphatic rings. The highest BCUT2D eigenvalue weighted by Gasteiger charge is 2.14.